The third-order valence-corrected chi connectivity index (χ3v) is 4.75. The van der Waals surface area contributed by atoms with Crippen molar-refractivity contribution in [3.8, 4) is 0 Å². The molecule has 0 saturated heterocycles. The van der Waals surface area contributed by atoms with E-state index in [0.29, 0.717) is 23.0 Å². The Hall–Kier alpha value is -1.92. The maximum absolute atomic E-state index is 12.4. The Bertz CT molecular complexity index is 728. The predicted molar refractivity (Wildman–Crippen MR) is 90.3 cm³/mol. The number of aromatic carboxylic acids is 1. The van der Waals surface area contributed by atoms with Crippen LogP contribution in [0.1, 0.15) is 34.9 Å². The Kier molecular flexibility index (Phi) is 5.38. The molecule has 0 unspecified atom stereocenters. The van der Waals surface area contributed by atoms with Crippen LogP contribution in [0.15, 0.2) is 29.6 Å². The zero-order chi connectivity index (χ0) is 17.0. The number of hydrogen-bond acceptors (Lipinski definition) is 4. The SMILES string of the molecule is CC(C)(C(=O)NCCc1nc(C(=O)O)cs1)c1ccccc1Cl. The van der Waals surface area contributed by atoms with E-state index in [-0.39, 0.29) is 11.6 Å². The Morgan fingerprint density at radius 1 is 1.35 bits per heavy atom. The molecule has 0 fully saturated rings. The van der Waals surface area contributed by atoms with Crippen LogP contribution in [-0.2, 0) is 16.6 Å². The molecule has 1 heterocycles. The van der Waals surface area contributed by atoms with Gasteiger partial charge in [0.15, 0.2) is 5.69 Å². The lowest BCUT2D eigenvalue weighted by Gasteiger charge is -2.25. The highest BCUT2D eigenvalue weighted by atomic mass is 35.5. The maximum atomic E-state index is 12.4. The number of aromatic nitrogens is 1. The number of carbonyl (C=O) groups excluding carboxylic acids is 1. The first-order valence-electron chi connectivity index (χ1n) is 7.03. The summed E-state index contributed by atoms with van der Waals surface area (Å²) in [5, 5.41) is 14.4. The van der Waals surface area contributed by atoms with Crippen LogP contribution in [0, 0.1) is 0 Å². The monoisotopic (exact) mass is 352 g/mol. The number of halogens is 1. The van der Waals surface area contributed by atoms with E-state index in [9.17, 15) is 9.59 Å². The van der Waals surface area contributed by atoms with E-state index in [1.54, 1.807) is 6.07 Å². The van der Waals surface area contributed by atoms with Gasteiger partial charge in [0.05, 0.1) is 10.4 Å². The van der Waals surface area contributed by atoms with Gasteiger partial charge in [0.2, 0.25) is 5.91 Å². The summed E-state index contributed by atoms with van der Waals surface area (Å²) in [4.78, 5) is 27.2. The van der Waals surface area contributed by atoms with Crippen LogP contribution in [0.2, 0.25) is 5.02 Å². The van der Waals surface area contributed by atoms with Crippen LogP contribution in [0.25, 0.3) is 0 Å². The molecule has 1 amide bonds. The van der Waals surface area contributed by atoms with Gasteiger partial charge in [-0.05, 0) is 25.5 Å². The molecule has 0 aliphatic carbocycles. The summed E-state index contributed by atoms with van der Waals surface area (Å²) in [5.41, 5.74) is 0.0438. The summed E-state index contributed by atoms with van der Waals surface area (Å²) in [6.45, 7) is 4.02. The quantitative estimate of drug-likeness (QED) is 0.837. The Labute approximate surface area is 143 Å². The van der Waals surface area contributed by atoms with Crippen LogP contribution in [0.4, 0.5) is 0 Å². The molecular formula is C16H17ClN2O3S. The van der Waals surface area contributed by atoms with Gasteiger partial charge in [-0.3, -0.25) is 4.79 Å². The number of benzene rings is 1. The van der Waals surface area contributed by atoms with Gasteiger partial charge >= 0.3 is 5.97 Å². The van der Waals surface area contributed by atoms with E-state index in [4.69, 9.17) is 16.7 Å². The van der Waals surface area contributed by atoms with Gasteiger partial charge in [-0.1, -0.05) is 29.8 Å². The number of nitrogens with one attached hydrogen (secondary N) is 1. The standard InChI is InChI=1S/C16H17ClN2O3S/c1-16(2,10-5-3-4-6-11(10)17)15(22)18-8-7-13-19-12(9-23-13)14(20)21/h3-6,9H,7-8H2,1-2H3,(H,18,22)(H,20,21). The van der Waals surface area contributed by atoms with Crippen molar-refractivity contribution in [2.75, 3.05) is 6.54 Å². The first kappa shape index (κ1) is 17.4. The number of thiazole rings is 1. The van der Waals surface area contributed by atoms with Crippen molar-refractivity contribution in [3.63, 3.8) is 0 Å². The van der Waals surface area contributed by atoms with Crippen molar-refractivity contribution in [2.24, 2.45) is 0 Å². The molecule has 0 spiro atoms. The molecule has 0 bridgehead atoms. The van der Waals surface area contributed by atoms with Crippen LogP contribution in [0.5, 0.6) is 0 Å². The normalized spacial score (nSPS) is 11.3. The Morgan fingerprint density at radius 3 is 2.65 bits per heavy atom. The van der Waals surface area contributed by atoms with Crippen LogP contribution in [-0.4, -0.2) is 28.5 Å². The molecule has 0 saturated carbocycles. The first-order chi connectivity index (χ1) is 10.8. The second-order valence-corrected chi connectivity index (χ2v) is 6.89. The molecule has 2 N–H and O–H groups in total. The number of nitrogens with zero attached hydrogens (tertiary/aromatic N) is 1. The van der Waals surface area contributed by atoms with Crippen LogP contribution < -0.4 is 5.32 Å². The molecule has 0 aliphatic rings. The molecule has 5 nitrogen and oxygen atoms in total. The highest BCUT2D eigenvalue weighted by Crippen LogP contribution is 2.29. The highest BCUT2D eigenvalue weighted by molar-refractivity contribution is 7.09. The van der Waals surface area contributed by atoms with E-state index >= 15 is 0 Å². The molecule has 122 valence electrons. The highest BCUT2D eigenvalue weighted by Gasteiger charge is 2.31. The van der Waals surface area contributed by atoms with Crippen molar-refractivity contribution in [2.45, 2.75) is 25.7 Å². The third kappa shape index (κ3) is 4.09. The number of hydrogen-bond donors (Lipinski definition) is 2. The van der Waals surface area contributed by atoms with E-state index < -0.39 is 11.4 Å². The molecule has 2 aromatic rings. The minimum atomic E-state index is -1.05. The topological polar surface area (TPSA) is 79.3 Å². The average Bonchev–Trinajstić information content (AvgIpc) is 2.96. The zero-order valence-corrected chi connectivity index (χ0v) is 14.4. The van der Waals surface area contributed by atoms with Gasteiger partial charge < -0.3 is 10.4 Å². The van der Waals surface area contributed by atoms with E-state index in [1.807, 2.05) is 32.0 Å². The first-order valence-corrected chi connectivity index (χ1v) is 8.29. The number of rotatable bonds is 6. The average molecular weight is 353 g/mol. The fraction of sp³-hybridized carbons (Fsp3) is 0.312. The van der Waals surface area contributed by atoms with Crippen LogP contribution in [0.3, 0.4) is 0 Å². The minimum absolute atomic E-state index is 0.0349. The van der Waals surface area contributed by atoms with Gasteiger partial charge in [-0.25, -0.2) is 9.78 Å². The van der Waals surface area contributed by atoms with Gasteiger partial charge in [-0.15, -0.1) is 11.3 Å². The van der Waals surface area contributed by atoms with Crippen molar-refractivity contribution < 1.29 is 14.7 Å². The molecule has 7 heteroatoms. The smallest absolute Gasteiger partial charge is 0.355 e. The van der Waals surface area contributed by atoms with Gasteiger partial charge in [-0.2, -0.15) is 0 Å². The molecule has 2 rings (SSSR count). The van der Waals surface area contributed by atoms with E-state index in [0.717, 1.165) is 5.56 Å². The second-order valence-electron chi connectivity index (χ2n) is 5.54. The summed E-state index contributed by atoms with van der Waals surface area (Å²) in [5.74, 6) is -1.18. The molecule has 0 atom stereocenters. The Morgan fingerprint density at radius 2 is 2.04 bits per heavy atom. The van der Waals surface area contributed by atoms with Gasteiger partial charge in [0, 0.05) is 23.4 Å². The summed E-state index contributed by atoms with van der Waals surface area (Å²) >= 11 is 7.44. The molecule has 1 aromatic carbocycles. The lowest BCUT2D eigenvalue weighted by atomic mass is 9.83. The summed E-state index contributed by atoms with van der Waals surface area (Å²) in [6.07, 6.45) is 0.488. The fourth-order valence-corrected chi connectivity index (χ4v) is 3.26. The fourth-order valence-electron chi connectivity index (χ4n) is 2.12. The second kappa shape index (κ2) is 7.10. The Balaban J connectivity index is 1.96. The third-order valence-electron chi connectivity index (χ3n) is 3.51. The van der Waals surface area contributed by atoms with Crippen molar-refractivity contribution in [1.82, 2.24) is 10.3 Å². The van der Waals surface area contributed by atoms with Gasteiger partial charge in [0.1, 0.15) is 0 Å². The largest absolute Gasteiger partial charge is 0.476 e. The maximum Gasteiger partial charge on any atom is 0.355 e. The predicted octanol–water partition coefficient (Wildman–Crippen LogP) is 3.13. The number of carbonyl (C=O) groups is 2. The summed E-state index contributed by atoms with van der Waals surface area (Å²) in [6, 6.07) is 7.26. The van der Waals surface area contributed by atoms with E-state index in [1.165, 1.54) is 16.7 Å². The van der Waals surface area contributed by atoms with Gasteiger partial charge in [0.25, 0.3) is 0 Å². The summed E-state index contributed by atoms with van der Waals surface area (Å²) in [7, 11) is 0. The number of carboxylic acids is 1. The number of carboxylic acid groups (broad SMARTS) is 1. The lowest BCUT2D eigenvalue weighted by molar-refractivity contribution is -0.125. The van der Waals surface area contributed by atoms with Crippen molar-refractivity contribution in [1.29, 1.82) is 0 Å². The van der Waals surface area contributed by atoms with Crippen molar-refractivity contribution in [3.05, 3.63) is 50.9 Å². The van der Waals surface area contributed by atoms with Crippen molar-refractivity contribution >= 4 is 34.8 Å². The molecule has 23 heavy (non-hydrogen) atoms. The molecule has 1 aromatic heterocycles. The lowest BCUT2D eigenvalue weighted by Crippen LogP contribution is -2.41. The number of amides is 1. The van der Waals surface area contributed by atoms with E-state index in [2.05, 4.69) is 10.3 Å². The summed E-state index contributed by atoms with van der Waals surface area (Å²) < 4.78 is 0. The molecule has 0 radical (unpaired) electrons. The van der Waals surface area contributed by atoms with Crippen LogP contribution >= 0.6 is 22.9 Å². The minimum Gasteiger partial charge on any atom is -0.476 e. The molecule has 0 aliphatic heterocycles. The zero-order valence-electron chi connectivity index (χ0n) is 12.8. The molecular weight excluding hydrogens is 336 g/mol.